The van der Waals surface area contributed by atoms with E-state index < -0.39 is 0 Å². The standard InChI is InChI=1S/C13H14N4O3/c1-8-5-11(20-17-8)7-15-13(18)10-4-2-3-9(6-10)12(14)16-19/h2-6,19H,7H2,1H3,(H2,14,16)(H,15,18). The highest BCUT2D eigenvalue weighted by Crippen LogP contribution is 2.06. The zero-order valence-corrected chi connectivity index (χ0v) is 10.8. The number of aryl methyl sites for hydroxylation is 1. The van der Waals surface area contributed by atoms with Gasteiger partial charge in [0.05, 0.1) is 12.2 Å². The first-order valence-corrected chi connectivity index (χ1v) is 5.88. The van der Waals surface area contributed by atoms with Gasteiger partial charge < -0.3 is 20.8 Å². The normalized spacial score (nSPS) is 11.3. The van der Waals surface area contributed by atoms with E-state index in [1.165, 1.54) is 6.07 Å². The third kappa shape index (κ3) is 3.14. The molecule has 2 rings (SSSR count). The lowest BCUT2D eigenvalue weighted by molar-refractivity contribution is 0.0947. The number of hydrogen-bond donors (Lipinski definition) is 3. The lowest BCUT2D eigenvalue weighted by atomic mass is 10.1. The number of nitrogens with one attached hydrogen (secondary N) is 1. The molecule has 20 heavy (non-hydrogen) atoms. The van der Waals surface area contributed by atoms with Crippen molar-refractivity contribution < 1.29 is 14.5 Å². The lowest BCUT2D eigenvalue weighted by Gasteiger charge is -2.05. The molecule has 0 spiro atoms. The first kappa shape index (κ1) is 13.6. The summed E-state index contributed by atoms with van der Waals surface area (Å²) in [5, 5.41) is 17.9. The van der Waals surface area contributed by atoms with Crippen LogP contribution in [-0.4, -0.2) is 22.1 Å². The van der Waals surface area contributed by atoms with Gasteiger partial charge in [-0.1, -0.05) is 22.4 Å². The van der Waals surface area contributed by atoms with Crippen molar-refractivity contribution in [3.63, 3.8) is 0 Å². The van der Waals surface area contributed by atoms with Crippen molar-refractivity contribution in [2.75, 3.05) is 0 Å². The van der Waals surface area contributed by atoms with E-state index in [1.807, 2.05) is 0 Å². The Morgan fingerprint density at radius 1 is 1.45 bits per heavy atom. The minimum absolute atomic E-state index is 0.0505. The van der Waals surface area contributed by atoms with Gasteiger partial charge in [-0.15, -0.1) is 0 Å². The number of aromatic nitrogens is 1. The first-order chi connectivity index (χ1) is 9.60. The Labute approximate surface area is 115 Å². The summed E-state index contributed by atoms with van der Waals surface area (Å²) in [6.07, 6.45) is 0. The Bertz CT molecular complexity index is 649. The van der Waals surface area contributed by atoms with Crippen LogP contribution >= 0.6 is 0 Å². The monoisotopic (exact) mass is 274 g/mol. The van der Waals surface area contributed by atoms with Crippen molar-refractivity contribution in [2.24, 2.45) is 10.9 Å². The summed E-state index contributed by atoms with van der Waals surface area (Å²) in [5.41, 5.74) is 7.10. The molecule has 1 heterocycles. The molecule has 0 atom stereocenters. The minimum Gasteiger partial charge on any atom is -0.409 e. The lowest BCUT2D eigenvalue weighted by Crippen LogP contribution is -2.23. The van der Waals surface area contributed by atoms with E-state index in [0.29, 0.717) is 16.9 Å². The van der Waals surface area contributed by atoms with Crippen LogP contribution in [0.15, 0.2) is 40.0 Å². The Morgan fingerprint density at radius 2 is 2.20 bits per heavy atom. The highest BCUT2D eigenvalue weighted by molar-refractivity contribution is 6.01. The average Bonchev–Trinajstić information content (AvgIpc) is 2.89. The molecule has 0 unspecified atom stereocenters. The maximum Gasteiger partial charge on any atom is 0.251 e. The number of amides is 1. The molecule has 0 bridgehead atoms. The average molecular weight is 274 g/mol. The molecule has 0 aliphatic rings. The summed E-state index contributed by atoms with van der Waals surface area (Å²) in [7, 11) is 0. The molecule has 104 valence electrons. The molecule has 0 radical (unpaired) electrons. The zero-order valence-electron chi connectivity index (χ0n) is 10.8. The van der Waals surface area contributed by atoms with Crippen LogP contribution in [-0.2, 0) is 6.54 Å². The number of nitrogens with zero attached hydrogens (tertiary/aromatic N) is 2. The van der Waals surface area contributed by atoms with Crippen LogP contribution in [0.4, 0.5) is 0 Å². The van der Waals surface area contributed by atoms with E-state index in [1.54, 1.807) is 31.2 Å². The van der Waals surface area contributed by atoms with Gasteiger partial charge in [-0.3, -0.25) is 4.79 Å². The second-order valence-electron chi connectivity index (χ2n) is 4.18. The van der Waals surface area contributed by atoms with Crippen LogP contribution in [0.25, 0.3) is 0 Å². The molecular formula is C13H14N4O3. The molecule has 0 saturated carbocycles. The van der Waals surface area contributed by atoms with Gasteiger partial charge in [-0.05, 0) is 19.1 Å². The molecule has 0 fully saturated rings. The van der Waals surface area contributed by atoms with Gasteiger partial charge in [-0.25, -0.2) is 0 Å². The molecule has 0 aliphatic heterocycles. The topological polar surface area (TPSA) is 114 Å². The predicted octanol–water partition coefficient (Wildman–Crippen LogP) is 1.01. The number of rotatable bonds is 4. The largest absolute Gasteiger partial charge is 0.409 e. The number of hydrogen-bond acceptors (Lipinski definition) is 5. The van der Waals surface area contributed by atoms with Crippen molar-refractivity contribution in [3.8, 4) is 0 Å². The second-order valence-corrected chi connectivity index (χ2v) is 4.18. The quantitative estimate of drug-likeness (QED) is 0.333. The molecule has 1 amide bonds. The zero-order chi connectivity index (χ0) is 14.5. The number of nitrogens with two attached hydrogens (primary N) is 1. The minimum atomic E-state index is -0.286. The van der Waals surface area contributed by atoms with Gasteiger partial charge in [0, 0.05) is 17.2 Å². The molecule has 0 saturated heterocycles. The van der Waals surface area contributed by atoms with Crippen LogP contribution in [0, 0.1) is 6.92 Å². The van der Waals surface area contributed by atoms with Gasteiger partial charge in [-0.2, -0.15) is 0 Å². The van der Waals surface area contributed by atoms with Crippen molar-refractivity contribution in [3.05, 3.63) is 52.9 Å². The third-order valence-corrected chi connectivity index (χ3v) is 2.63. The summed E-state index contributed by atoms with van der Waals surface area (Å²) in [4.78, 5) is 12.0. The van der Waals surface area contributed by atoms with Crippen molar-refractivity contribution in [1.29, 1.82) is 0 Å². The van der Waals surface area contributed by atoms with Crippen molar-refractivity contribution in [1.82, 2.24) is 10.5 Å². The Kier molecular flexibility index (Phi) is 3.99. The first-order valence-electron chi connectivity index (χ1n) is 5.88. The number of benzene rings is 1. The van der Waals surface area contributed by atoms with E-state index in [4.69, 9.17) is 15.5 Å². The van der Waals surface area contributed by atoms with E-state index >= 15 is 0 Å². The SMILES string of the molecule is Cc1cc(CNC(=O)c2cccc(C(N)=NO)c2)on1. The molecule has 7 nitrogen and oxygen atoms in total. The number of oxime groups is 1. The van der Waals surface area contributed by atoms with Gasteiger partial charge in [0.25, 0.3) is 5.91 Å². The van der Waals surface area contributed by atoms with Crippen LogP contribution in [0.3, 0.4) is 0 Å². The summed E-state index contributed by atoms with van der Waals surface area (Å²) in [6, 6.07) is 8.21. The molecular weight excluding hydrogens is 260 g/mol. The fourth-order valence-electron chi connectivity index (χ4n) is 1.65. The Balaban J connectivity index is 2.05. The van der Waals surface area contributed by atoms with Gasteiger partial charge in [0.1, 0.15) is 0 Å². The Hall–Kier alpha value is -2.83. The van der Waals surface area contributed by atoms with E-state index in [9.17, 15) is 4.79 Å². The summed E-state index contributed by atoms with van der Waals surface area (Å²) >= 11 is 0. The third-order valence-electron chi connectivity index (χ3n) is 2.63. The van der Waals surface area contributed by atoms with Crippen molar-refractivity contribution in [2.45, 2.75) is 13.5 Å². The maximum absolute atomic E-state index is 12.0. The maximum atomic E-state index is 12.0. The second kappa shape index (κ2) is 5.87. The highest BCUT2D eigenvalue weighted by atomic mass is 16.5. The molecule has 0 aliphatic carbocycles. The summed E-state index contributed by atoms with van der Waals surface area (Å²) in [6.45, 7) is 2.04. The summed E-state index contributed by atoms with van der Waals surface area (Å²) in [5.74, 6) is 0.237. The molecule has 1 aromatic carbocycles. The molecule has 1 aromatic heterocycles. The molecule has 4 N–H and O–H groups in total. The molecule has 7 heteroatoms. The molecule has 2 aromatic rings. The van der Waals surface area contributed by atoms with E-state index in [-0.39, 0.29) is 18.3 Å². The number of amidine groups is 1. The van der Waals surface area contributed by atoms with Gasteiger partial charge in [0.15, 0.2) is 11.6 Å². The fourth-order valence-corrected chi connectivity index (χ4v) is 1.65. The van der Waals surface area contributed by atoms with E-state index in [2.05, 4.69) is 15.6 Å². The van der Waals surface area contributed by atoms with Crippen LogP contribution in [0.1, 0.15) is 27.4 Å². The smallest absolute Gasteiger partial charge is 0.251 e. The summed E-state index contributed by atoms with van der Waals surface area (Å²) < 4.78 is 4.99. The van der Waals surface area contributed by atoms with Crippen molar-refractivity contribution >= 4 is 11.7 Å². The Morgan fingerprint density at radius 3 is 2.85 bits per heavy atom. The predicted molar refractivity (Wildman–Crippen MR) is 71.4 cm³/mol. The fraction of sp³-hybridized carbons (Fsp3) is 0.154. The van der Waals surface area contributed by atoms with Crippen LogP contribution in [0.5, 0.6) is 0 Å². The van der Waals surface area contributed by atoms with Crippen LogP contribution < -0.4 is 11.1 Å². The number of carbonyl (C=O) groups is 1. The van der Waals surface area contributed by atoms with Gasteiger partial charge >= 0.3 is 0 Å². The van der Waals surface area contributed by atoms with E-state index in [0.717, 1.165) is 5.69 Å². The number of carbonyl (C=O) groups excluding carboxylic acids is 1. The van der Waals surface area contributed by atoms with Gasteiger partial charge in [0.2, 0.25) is 0 Å². The highest BCUT2D eigenvalue weighted by Gasteiger charge is 2.09. The van der Waals surface area contributed by atoms with Crippen LogP contribution in [0.2, 0.25) is 0 Å².